The van der Waals surface area contributed by atoms with E-state index in [0.717, 1.165) is 10.2 Å². The first-order valence-corrected chi connectivity index (χ1v) is 10.7. The molecule has 0 aliphatic heterocycles. The van der Waals surface area contributed by atoms with Gasteiger partial charge in [0.05, 0.1) is 31.5 Å². The number of carbonyl (C=O) groups is 1. The number of likely N-dealkylation sites (N-methyl/N-ethyl adjacent to an activating group) is 1. The summed E-state index contributed by atoms with van der Waals surface area (Å²) >= 11 is 1.52. The summed E-state index contributed by atoms with van der Waals surface area (Å²) in [6.45, 7) is 5.35. The average Bonchev–Trinajstić information content (AvgIpc) is 3.14. The van der Waals surface area contributed by atoms with Crippen LogP contribution in [0, 0.1) is 13.8 Å². The molecular weight excluding hydrogens is 450 g/mol. The number of hydrogen-bond donors (Lipinski definition) is 0. The van der Waals surface area contributed by atoms with Gasteiger partial charge >= 0.3 is 0 Å². The number of nitrogens with zero attached hydrogens (tertiary/aromatic N) is 3. The molecule has 32 heavy (non-hydrogen) atoms. The van der Waals surface area contributed by atoms with Crippen molar-refractivity contribution < 1.29 is 19.0 Å². The molecule has 3 aromatic rings. The number of rotatable bonds is 8. The molecule has 0 radical (unpaired) electrons. The van der Waals surface area contributed by atoms with Crippen LogP contribution in [0.5, 0.6) is 17.2 Å². The number of thiazole rings is 1. The zero-order valence-corrected chi connectivity index (χ0v) is 21.1. The Kier molecular flexibility index (Phi) is 8.72. The number of ether oxygens (including phenoxy) is 3. The lowest BCUT2D eigenvalue weighted by Crippen LogP contribution is -2.36. The highest BCUT2D eigenvalue weighted by Crippen LogP contribution is 2.39. The van der Waals surface area contributed by atoms with E-state index in [1.165, 1.54) is 43.8 Å². The molecule has 0 unspecified atom stereocenters. The minimum atomic E-state index is -0.173. The molecule has 1 aromatic heterocycles. The van der Waals surface area contributed by atoms with Crippen molar-refractivity contribution >= 4 is 45.0 Å². The van der Waals surface area contributed by atoms with Crippen LogP contribution < -0.4 is 19.1 Å². The summed E-state index contributed by atoms with van der Waals surface area (Å²) in [5.41, 5.74) is 3.73. The van der Waals surface area contributed by atoms with Gasteiger partial charge in [-0.15, -0.1) is 12.4 Å². The molecule has 0 saturated carbocycles. The van der Waals surface area contributed by atoms with Crippen molar-refractivity contribution in [1.29, 1.82) is 0 Å². The third-order valence-electron chi connectivity index (χ3n) is 5.15. The van der Waals surface area contributed by atoms with Crippen molar-refractivity contribution in [3.05, 3.63) is 41.0 Å². The Morgan fingerprint density at radius 3 is 2.06 bits per heavy atom. The highest BCUT2D eigenvalue weighted by Gasteiger charge is 2.25. The van der Waals surface area contributed by atoms with Gasteiger partial charge in [-0.1, -0.05) is 11.3 Å². The van der Waals surface area contributed by atoms with Gasteiger partial charge in [-0.05, 0) is 63.3 Å². The van der Waals surface area contributed by atoms with E-state index in [0.29, 0.717) is 41.0 Å². The molecule has 0 aliphatic carbocycles. The van der Waals surface area contributed by atoms with Crippen LogP contribution in [0.1, 0.15) is 21.5 Å². The van der Waals surface area contributed by atoms with Gasteiger partial charge in [0.15, 0.2) is 16.6 Å². The SMILES string of the molecule is COc1cc(C(=O)N(CCN(C)C)c2nc3cc(C)c(C)cc3s2)cc(OC)c1OC.Cl. The topological polar surface area (TPSA) is 64.1 Å². The van der Waals surface area contributed by atoms with Gasteiger partial charge in [0, 0.05) is 18.7 Å². The van der Waals surface area contributed by atoms with Crippen molar-refractivity contribution in [2.45, 2.75) is 13.8 Å². The standard InChI is InChI=1S/C23H29N3O4S.ClH/c1-14-10-17-20(11-15(14)2)31-23(24-17)26(9-8-25(3)4)22(27)16-12-18(28-5)21(30-7)19(13-16)29-6;/h10-13H,8-9H2,1-7H3;1H. The number of benzene rings is 2. The Balaban J connectivity index is 0.00000363. The van der Waals surface area contributed by atoms with Crippen LogP contribution in [0.3, 0.4) is 0 Å². The van der Waals surface area contributed by atoms with Gasteiger partial charge in [-0.3, -0.25) is 9.69 Å². The summed E-state index contributed by atoms with van der Waals surface area (Å²) in [5.74, 6) is 1.16. The second-order valence-corrected chi connectivity index (χ2v) is 8.58. The molecule has 7 nitrogen and oxygen atoms in total. The van der Waals surface area contributed by atoms with Crippen LogP contribution in [0.4, 0.5) is 5.13 Å². The first-order chi connectivity index (χ1) is 14.8. The summed E-state index contributed by atoms with van der Waals surface area (Å²) in [6.07, 6.45) is 0. The van der Waals surface area contributed by atoms with Crippen LogP contribution in [0.15, 0.2) is 24.3 Å². The lowest BCUT2D eigenvalue weighted by Gasteiger charge is -2.23. The zero-order chi connectivity index (χ0) is 22.7. The quantitative estimate of drug-likeness (QED) is 0.471. The summed E-state index contributed by atoms with van der Waals surface area (Å²) in [7, 11) is 8.57. The molecule has 9 heteroatoms. The van der Waals surface area contributed by atoms with Crippen molar-refractivity contribution in [2.75, 3.05) is 53.4 Å². The number of aromatic nitrogens is 1. The fraction of sp³-hybridized carbons (Fsp3) is 0.391. The summed E-state index contributed by atoms with van der Waals surface area (Å²) in [4.78, 5) is 22.2. The minimum Gasteiger partial charge on any atom is -0.493 e. The molecule has 1 heterocycles. The van der Waals surface area contributed by atoms with E-state index in [1.54, 1.807) is 17.0 Å². The third kappa shape index (κ3) is 5.26. The molecule has 3 rings (SSSR count). The van der Waals surface area contributed by atoms with E-state index in [9.17, 15) is 4.79 Å². The van der Waals surface area contributed by atoms with Crippen LogP contribution in [0.2, 0.25) is 0 Å². The molecule has 0 atom stereocenters. The molecule has 0 spiro atoms. The first-order valence-electron chi connectivity index (χ1n) is 9.93. The Bertz CT molecular complexity index is 1040. The van der Waals surface area contributed by atoms with E-state index < -0.39 is 0 Å². The normalized spacial score (nSPS) is 10.8. The maximum atomic E-state index is 13.6. The van der Waals surface area contributed by atoms with Crippen molar-refractivity contribution in [3.63, 3.8) is 0 Å². The van der Waals surface area contributed by atoms with Crippen molar-refractivity contribution in [3.8, 4) is 17.2 Å². The highest BCUT2D eigenvalue weighted by atomic mass is 35.5. The van der Waals surface area contributed by atoms with Gasteiger partial charge in [0.25, 0.3) is 5.91 Å². The van der Waals surface area contributed by atoms with Gasteiger partial charge in [0.1, 0.15) is 0 Å². The van der Waals surface area contributed by atoms with Gasteiger partial charge in [-0.2, -0.15) is 0 Å². The smallest absolute Gasteiger partial charge is 0.260 e. The van der Waals surface area contributed by atoms with Crippen molar-refractivity contribution in [1.82, 2.24) is 9.88 Å². The largest absolute Gasteiger partial charge is 0.493 e. The number of anilines is 1. The number of halogens is 1. The Labute approximate surface area is 199 Å². The van der Waals surface area contributed by atoms with Gasteiger partial charge in [-0.25, -0.2) is 4.98 Å². The molecule has 174 valence electrons. The Morgan fingerprint density at radius 1 is 0.938 bits per heavy atom. The maximum absolute atomic E-state index is 13.6. The highest BCUT2D eigenvalue weighted by molar-refractivity contribution is 7.22. The Hall–Kier alpha value is -2.55. The minimum absolute atomic E-state index is 0. The van der Waals surface area contributed by atoms with Gasteiger partial charge < -0.3 is 19.1 Å². The lowest BCUT2D eigenvalue weighted by atomic mass is 10.1. The van der Waals surface area contributed by atoms with Crippen molar-refractivity contribution in [2.24, 2.45) is 0 Å². The maximum Gasteiger partial charge on any atom is 0.260 e. The van der Waals surface area contributed by atoms with E-state index in [4.69, 9.17) is 19.2 Å². The number of methoxy groups -OCH3 is 3. The molecular formula is C23H30ClN3O4S. The molecule has 2 aromatic carbocycles. The van der Waals surface area contributed by atoms with E-state index in [-0.39, 0.29) is 18.3 Å². The average molecular weight is 480 g/mol. The number of amides is 1. The number of hydrogen-bond acceptors (Lipinski definition) is 7. The van der Waals surface area contributed by atoms with E-state index in [1.807, 2.05) is 19.0 Å². The molecule has 0 fully saturated rings. The molecule has 0 saturated heterocycles. The monoisotopic (exact) mass is 479 g/mol. The zero-order valence-electron chi connectivity index (χ0n) is 19.5. The van der Waals surface area contributed by atoms with Crippen LogP contribution in [0.25, 0.3) is 10.2 Å². The number of aryl methyl sites for hydroxylation is 2. The second kappa shape index (κ2) is 10.8. The van der Waals surface area contributed by atoms with E-state index in [2.05, 4.69) is 26.0 Å². The predicted octanol–water partition coefficient (Wildman–Crippen LogP) is 4.57. The Morgan fingerprint density at radius 2 is 1.53 bits per heavy atom. The number of fused-ring (bicyclic) bond motifs is 1. The summed E-state index contributed by atoms with van der Waals surface area (Å²) < 4.78 is 17.3. The second-order valence-electron chi connectivity index (χ2n) is 7.57. The molecule has 1 amide bonds. The van der Waals surface area contributed by atoms with Gasteiger partial charge in [0.2, 0.25) is 5.75 Å². The fourth-order valence-corrected chi connectivity index (χ4v) is 4.30. The van der Waals surface area contributed by atoms with Crippen LogP contribution >= 0.6 is 23.7 Å². The molecule has 0 aliphatic rings. The summed E-state index contributed by atoms with van der Waals surface area (Å²) in [5, 5.41) is 0.667. The summed E-state index contributed by atoms with van der Waals surface area (Å²) in [6, 6.07) is 7.54. The third-order valence-corrected chi connectivity index (χ3v) is 6.19. The van der Waals surface area contributed by atoms with Crippen LogP contribution in [-0.2, 0) is 0 Å². The van der Waals surface area contributed by atoms with E-state index >= 15 is 0 Å². The molecule has 0 N–H and O–H groups in total. The lowest BCUT2D eigenvalue weighted by molar-refractivity contribution is 0.0984. The molecule has 0 bridgehead atoms. The number of carbonyl (C=O) groups excluding carboxylic acids is 1. The predicted molar refractivity (Wildman–Crippen MR) is 133 cm³/mol. The first kappa shape index (κ1) is 25.7. The van der Waals surface area contributed by atoms with Crippen LogP contribution in [-0.4, -0.2) is 64.3 Å². The fourth-order valence-electron chi connectivity index (χ4n) is 3.23.